The summed E-state index contributed by atoms with van der Waals surface area (Å²) in [5, 5.41) is 0. The Kier molecular flexibility index (Phi) is 6.35. The predicted octanol–water partition coefficient (Wildman–Crippen LogP) is 2.37. The molecule has 0 aliphatic carbocycles. The molecule has 156 valence electrons. The molecule has 2 aliphatic heterocycles. The Bertz CT molecular complexity index is 909. The molecule has 2 aliphatic rings. The van der Waals surface area contributed by atoms with Gasteiger partial charge in [-0.1, -0.05) is 60.2 Å². The third-order valence-electron chi connectivity index (χ3n) is 6.12. The zero-order valence-electron chi connectivity index (χ0n) is 17.2. The molecule has 0 amide bonds. The van der Waals surface area contributed by atoms with E-state index in [0.717, 1.165) is 39.1 Å². The average Bonchev–Trinajstić information content (AvgIpc) is 3.02. The standard InChI is InChI=1S/C23H31N3O2S/c1-20-6-5-9-22(16-20)17-24-12-14-25(15-13-24)23-18-26(29(27,28)19-23)11-10-21-7-3-2-4-8-21/h2-9,16,23H,10-15,17-19H2,1H3. The van der Waals surface area contributed by atoms with Gasteiger partial charge in [0.25, 0.3) is 0 Å². The van der Waals surface area contributed by atoms with Crippen LogP contribution in [0.4, 0.5) is 0 Å². The third-order valence-corrected chi connectivity index (χ3v) is 8.04. The van der Waals surface area contributed by atoms with Gasteiger partial charge in [0.05, 0.1) is 5.75 Å². The van der Waals surface area contributed by atoms with Crippen LogP contribution in [0, 0.1) is 6.92 Å². The molecule has 0 radical (unpaired) electrons. The van der Waals surface area contributed by atoms with E-state index in [4.69, 9.17) is 0 Å². The molecule has 0 aromatic heterocycles. The lowest BCUT2D eigenvalue weighted by atomic mass is 10.1. The van der Waals surface area contributed by atoms with E-state index >= 15 is 0 Å². The topological polar surface area (TPSA) is 43.9 Å². The van der Waals surface area contributed by atoms with Crippen LogP contribution in [-0.2, 0) is 23.0 Å². The van der Waals surface area contributed by atoms with E-state index in [1.807, 2.05) is 18.2 Å². The van der Waals surface area contributed by atoms with Crippen LogP contribution in [-0.4, -0.2) is 73.6 Å². The van der Waals surface area contributed by atoms with Crippen molar-refractivity contribution in [2.75, 3.05) is 45.0 Å². The SMILES string of the molecule is Cc1cccc(CN2CCN(C3CN(CCc4ccccc4)S(=O)(=O)C3)CC2)c1. The van der Waals surface area contributed by atoms with E-state index in [0.29, 0.717) is 13.1 Å². The summed E-state index contributed by atoms with van der Waals surface area (Å²) >= 11 is 0. The lowest BCUT2D eigenvalue weighted by molar-refractivity contribution is 0.0971. The summed E-state index contributed by atoms with van der Waals surface area (Å²) in [6.07, 6.45) is 0.775. The summed E-state index contributed by atoms with van der Waals surface area (Å²) in [6, 6.07) is 18.9. The fourth-order valence-electron chi connectivity index (χ4n) is 4.45. The molecular weight excluding hydrogens is 382 g/mol. The molecule has 2 saturated heterocycles. The number of piperazine rings is 1. The molecule has 1 unspecified atom stereocenters. The maximum absolute atomic E-state index is 12.7. The number of hydrogen-bond acceptors (Lipinski definition) is 4. The molecule has 2 aromatic carbocycles. The first kappa shape index (κ1) is 20.5. The van der Waals surface area contributed by atoms with E-state index in [1.165, 1.54) is 16.7 Å². The summed E-state index contributed by atoms with van der Waals surface area (Å²) < 4.78 is 27.0. The fourth-order valence-corrected chi connectivity index (χ4v) is 6.24. The smallest absolute Gasteiger partial charge is 0.215 e. The highest BCUT2D eigenvalue weighted by atomic mass is 32.2. The van der Waals surface area contributed by atoms with Crippen molar-refractivity contribution in [1.29, 1.82) is 0 Å². The maximum atomic E-state index is 12.7. The van der Waals surface area contributed by atoms with Gasteiger partial charge in [0.2, 0.25) is 10.0 Å². The minimum atomic E-state index is -3.14. The molecule has 0 N–H and O–H groups in total. The summed E-state index contributed by atoms with van der Waals surface area (Å²) in [4.78, 5) is 4.86. The Hall–Kier alpha value is -1.73. The molecule has 6 heteroatoms. The van der Waals surface area contributed by atoms with Gasteiger partial charge < -0.3 is 0 Å². The van der Waals surface area contributed by atoms with Crippen LogP contribution >= 0.6 is 0 Å². The van der Waals surface area contributed by atoms with Crippen LogP contribution in [0.15, 0.2) is 54.6 Å². The fraction of sp³-hybridized carbons (Fsp3) is 0.478. The quantitative estimate of drug-likeness (QED) is 0.729. The highest BCUT2D eigenvalue weighted by Gasteiger charge is 2.39. The second-order valence-corrected chi connectivity index (χ2v) is 10.3. The average molecular weight is 414 g/mol. The van der Waals surface area contributed by atoms with Gasteiger partial charge in [-0.25, -0.2) is 8.42 Å². The van der Waals surface area contributed by atoms with Gasteiger partial charge in [-0.05, 0) is 24.5 Å². The van der Waals surface area contributed by atoms with Gasteiger partial charge in [-0.2, -0.15) is 4.31 Å². The Morgan fingerprint density at radius 1 is 0.931 bits per heavy atom. The first-order chi connectivity index (χ1) is 14.0. The van der Waals surface area contributed by atoms with Crippen LogP contribution in [0.3, 0.4) is 0 Å². The Morgan fingerprint density at radius 3 is 2.38 bits per heavy atom. The molecule has 0 bridgehead atoms. The van der Waals surface area contributed by atoms with Crippen molar-refractivity contribution in [2.45, 2.75) is 25.9 Å². The first-order valence-electron chi connectivity index (χ1n) is 10.5. The summed E-state index contributed by atoms with van der Waals surface area (Å²) in [5.41, 5.74) is 3.85. The Morgan fingerprint density at radius 2 is 1.66 bits per heavy atom. The molecule has 2 heterocycles. The zero-order valence-corrected chi connectivity index (χ0v) is 18.0. The predicted molar refractivity (Wildman–Crippen MR) is 117 cm³/mol. The monoisotopic (exact) mass is 413 g/mol. The third kappa shape index (κ3) is 5.25. The minimum Gasteiger partial charge on any atom is -0.297 e. The van der Waals surface area contributed by atoms with Crippen LogP contribution in [0.1, 0.15) is 16.7 Å². The zero-order chi connectivity index (χ0) is 20.3. The second kappa shape index (κ2) is 8.96. The van der Waals surface area contributed by atoms with Gasteiger partial charge in [0, 0.05) is 51.9 Å². The van der Waals surface area contributed by atoms with E-state index in [9.17, 15) is 8.42 Å². The van der Waals surface area contributed by atoms with Gasteiger partial charge >= 0.3 is 0 Å². The minimum absolute atomic E-state index is 0.122. The van der Waals surface area contributed by atoms with Crippen molar-refractivity contribution in [3.05, 3.63) is 71.3 Å². The second-order valence-electron chi connectivity index (χ2n) is 8.33. The molecular formula is C23H31N3O2S. The highest BCUT2D eigenvalue weighted by Crippen LogP contribution is 2.21. The molecule has 29 heavy (non-hydrogen) atoms. The molecule has 0 spiro atoms. The van der Waals surface area contributed by atoms with Gasteiger partial charge in [-0.15, -0.1) is 0 Å². The number of aryl methyl sites for hydroxylation is 1. The number of nitrogens with zero attached hydrogens (tertiary/aromatic N) is 3. The Labute approximate surface area is 175 Å². The van der Waals surface area contributed by atoms with E-state index < -0.39 is 10.0 Å². The van der Waals surface area contributed by atoms with Crippen molar-refractivity contribution in [3.63, 3.8) is 0 Å². The van der Waals surface area contributed by atoms with Gasteiger partial charge in [0.15, 0.2) is 0 Å². The highest BCUT2D eigenvalue weighted by molar-refractivity contribution is 7.89. The van der Waals surface area contributed by atoms with Crippen LogP contribution in [0.2, 0.25) is 0 Å². The molecule has 4 rings (SSSR count). The summed E-state index contributed by atoms with van der Waals surface area (Å²) in [7, 11) is -3.14. The number of sulfonamides is 1. The van der Waals surface area contributed by atoms with Gasteiger partial charge in [0.1, 0.15) is 0 Å². The van der Waals surface area contributed by atoms with Crippen molar-refractivity contribution in [3.8, 4) is 0 Å². The van der Waals surface area contributed by atoms with E-state index in [1.54, 1.807) is 4.31 Å². The maximum Gasteiger partial charge on any atom is 0.215 e. The molecule has 2 aromatic rings. The summed E-state index contributed by atoms with van der Waals surface area (Å²) in [5.74, 6) is 0.264. The first-order valence-corrected chi connectivity index (χ1v) is 12.1. The van der Waals surface area contributed by atoms with Crippen molar-refractivity contribution in [1.82, 2.24) is 14.1 Å². The van der Waals surface area contributed by atoms with Crippen molar-refractivity contribution in [2.24, 2.45) is 0 Å². The van der Waals surface area contributed by atoms with Crippen LogP contribution in [0.25, 0.3) is 0 Å². The lowest BCUT2D eigenvalue weighted by Crippen LogP contribution is -2.51. The molecule has 2 fully saturated rings. The number of rotatable bonds is 6. The van der Waals surface area contributed by atoms with Gasteiger partial charge in [-0.3, -0.25) is 9.80 Å². The number of benzene rings is 2. The Balaban J connectivity index is 1.28. The van der Waals surface area contributed by atoms with E-state index in [2.05, 4.69) is 53.1 Å². The van der Waals surface area contributed by atoms with Crippen molar-refractivity contribution >= 4 is 10.0 Å². The largest absolute Gasteiger partial charge is 0.297 e. The molecule has 5 nitrogen and oxygen atoms in total. The number of hydrogen-bond donors (Lipinski definition) is 0. The van der Waals surface area contributed by atoms with Crippen LogP contribution < -0.4 is 0 Å². The normalized spacial score (nSPS) is 23.4. The molecule has 1 atom stereocenters. The van der Waals surface area contributed by atoms with Crippen LogP contribution in [0.5, 0.6) is 0 Å². The molecule has 0 saturated carbocycles. The van der Waals surface area contributed by atoms with E-state index in [-0.39, 0.29) is 11.8 Å². The van der Waals surface area contributed by atoms with Crippen molar-refractivity contribution < 1.29 is 8.42 Å². The lowest BCUT2D eigenvalue weighted by Gasteiger charge is -2.37. The summed E-state index contributed by atoms with van der Waals surface area (Å²) in [6.45, 7) is 8.19.